The second-order valence-corrected chi connectivity index (χ2v) is 6.47. The molecule has 0 spiro atoms. The lowest BCUT2D eigenvalue weighted by Crippen LogP contribution is -2.28. The van der Waals surface area contributed by atoms with Gasteiger partial charge in [-0.3, -0.25) is 9.59 Å². The third-order valence-electron chi connectivity index (χ3n) is 4.46. The van der Waals surface area contributed by atoms with Gasteiger partial charge in [-0.1, -0.05) is 36.4 Å². The highest BCUT2D eigenvalue weighted by molar-refractivity contribution is 6.08. The first-order chi connectivity index (χ1) is 14.6. The zero-order valence-electron chi connectivity index (χ0n) is 16.9. The van der Waals surface area contributed by atoms with Gasteiger partial charge in [-0.25, -0.2) is 0 Å². The molecule has 3 aromatic rings. The van der Waals surface area contributed by atoms with Gasteiger partial charge < -0.3 is 19.5 Å². The van der Waals surface area contributed by atoms with E-state index < -0.39 is 0 Å². The van der Waals surface area contributed by atoms with E-state index in [2.05, 4.69) is 5.32 Å². The summed E-state index contributed by atoms with van der Waals surface area (Å²) in [5.41, 5.74) is 2.07. The number of ether oxygens (including phenoxy) is 3. The van der Waals surface area contributed by atoms with Crippen LogP contribution >= 0.6 is 0 Å². The highest BCUT2D eigenvalue weighted by Gasteiger charge is 2.10. The van der Waals surface area contributed by atoms with E-state index in [9.17, 15) is 9.59 Å². The first kappa shape index (κ1) is 20.9. The molecule has 0 saturated heterocycles. The highest BCUT2D eigenvalue weighted by atomic mass is 16.5. The maximum atomic E-state index is 12.4. The smallest absolute Gasteiger partial charge is 0.258 e. The molecule has 0 saturated carbocycles. The number of benzene rings is 3. The number of nitrogens with one attached hydrogen (secondary N) is 1. The maximum Gasteiger partial charge on any atom is 0.258 e. The van der Waals surface area contributed by atoms with Crippen molar-refractivity contribution in [2.45, 2.75) is 6.54 Å². The van der Waals surface area contributed by atoms with Crippen molar-refractivity contribution in [2.75, 3.05) is 20.8 Å². The van der Waals surface area contributed by atoms with Crippen molar-refractivity contribution >= 4 is 11.7 Å². The van der Waals surface area contributed by atoms with Crippen LogP contribution in [0.2, 0.25) is 0 Å². The Morgan fingerprint density at radius 3 is 2.13 bits per heavy atom. The molecule has 3 aromatic carbocycles. The first-order valence-electron chi connectivity index (χ1n) is 9.41. The van der Waals surface area contributed by atoms with Gasteiger partial charge in [0.15, 0.2) is 23.9 Å². The molecule has 1 N–H and O–H groups in total. The molecule has 154 valence electrons. The molecule has 3 rings (SSSR count). The van der Waals surface area contributed by atoms with E-state index >= 15 is 0 Å². The second kappa shape index (κ2) is 10.1. The topological polar surface area (TPSA) is 73.9 Å². The zero-order chi connectivity index (χ0) is 21.3. The van der Waals surface area contributed by atoms with Gasteiger partial charge in [0.25, 0.3) is 5.91 Å². The van der Waals surface area contributed by atoms with Crippen LogP contribution in [0.1, 0.15) is 21.5 Å². The van der Waals surface area contributed by atoms with Crippen LogP contribution < -0.4 is 19.5 Å². The molecule has 1 amide bonds. The molecule has 0 bridgehead atoms. The molecule has 0 unspecified atom stereocenters. The third kappa shape index (κ3) is 5.38. The summed E-state index contributed by atoms with van der Waals surface area (Å²) in [6, 6.07) is 21.2. The normalized spacial score (nSPS) is 10.2. The summed E-state index contributed by atoms with van der Waals surface area (Å²) in [7, 11) is 3.13. The van der Waals surface area contributed by atoms with E-state index in [4.69, 9.17) is 14.2 Å². The van der Waals surface area contributed by atoms with Gasteiger partial charge in [-0.05, 0) is 42.0 Å². The minimum atomic E-state index is -0.255. The number of hydrogen-bond donors (Lipinski definition) is 1. The summed E-state index contributed by atoms with van der Waals surface area (Å²) in [4.78, 5) is 24.5. The van der Waals surface area contributed by atoms with Crippen LogP contribution in [0.3, 0.4) is 0 Å². The van der Waals surface area contributed by atoms with Crippen molar-refractivity contribution in [3.05, 3.63) is 89.5 Å². The fraction of sp³-hybridized carbons (Fsp3) is 0.167. The first-order valence-corrected chi connectivity index (χ1v) is 9.41. The Morgan fingerprint density at radius 1 is 0.800 bits per heavy atom. The number of amides is 1. The Kier molecular flexibility index (Phi) is 7.05. The molecule has 0 aliphatic rings. The Hall–Kier alpha value is -3.80. The van der Waals surface area contributed by atoms with Crippen molar-refractivity contribution in [2.24, 2.45) is 0 Å². The second-order valence-electron chi connectivity index (χ2n) is 6.47. The fourth-order valence-corrected chi connectivity index (χ4v) is 2.85. The number of hydrogen-bond acceptors (Lipinski definition) is 5. The van der Waals surface area contributed by atoms with Crippen molar-refractivity contribution in [3.63, 3.8) is 0 Å². The number of ketones is 1. The number of carbonyl (C=O) groups excluding carboxylic acids is 2. The fourth-order valence-electron chi connectivity index (χ4n) is 2.85. The van der Waals surface area contributed by atoms with Crippen LogP contribution in [0.25, 0.3) is 0 Å². The minimum Gasteiger partial charge on any atom is -0.493 e. The van der Waals surface area contributed by atoms with Crippen LogP contribution in [-0.4, -0.2) is 32.5 Å². The summed E-state index contributed by atoms with van der Waals surface area (Å²) in [5.74, 6) is 1.43. The molecule has 0 atom stereocenters. The van der Waals surface area contributed by atoms with Gasteiger partial charge in [0.2, 0.25) is 0 Å². The van der Waals surface area contributed by atoms with E-state index in [1.54, 1.807) is 56.7 Å². The Bertz CT molecular complexity index is 1000. The number of carbonyl (C=O) groups is 2. The largest absolute Gasteiger partial charge is 0.493 e. The molecule has 0 radical (unpaired) electrons. The lowest BCUT2D eigenvalue weighted by atomic mass is 10.0. The van der Waals surface area contributed by atoms with Crippen LogP contribution in [0.5, 0.6) is 17.2 Å². The molecule has 30 heavy (non-hydrogen) atoms. The van der Waals surface area contributed by atoms with Crippen LogP contribution in [-0.2, 0) is 11.3 Å². The molecular weight excluding hydrogens is 382 g/mol. The average molecular weight is 405 g/mol. The molecule has 0 aliphatic carbocycles. The molecule has 0 aromatic heterocycles. The van der Waals surface area contributed by atoms with Gasteiger partial charge in [0.05, 0.1) is 14.2 Å². The summed E-state index contributed by atoms with van der Waals surface area (Å²) < 4.78 is 16.0. The molecule has 0 aliphatic heterocycles. The SMILES string of the molecule is COc1ccc(CNC(=O)COc2ccc(C(=O)c3ccccc3)cc2)cc1OC. The minimum absolute atomic E-state index is 0.0604. The summed E-state index contributed by atoms with van der Waals surface area (Å²) >= 11 is 0. The molecule has 0 heterocycles. The number of methoxy groups -OCH3 is 2. The van der Waals surface area contributed by atoms with E-state index in [0.717, 1.165) is 5.56 Å². The van der Waals surface area contributed by atoms with Gasteiger partial charge in [-0.2, -0.15) is 0 Å². The summed E-state index contributed by atoms with van der Waals surface area (Å²) in [6.45, 7) is 0.215. The summed E-state index contributed by atoms with van der Waals surface area (Å²) in [5, 5.41) is 2.79. The van der Waals surface area contributed by atoms with Gasteiger partial charge in [0.1, 0.15) is 5.75 Å². The van der Waals surface area contributed by atoms with Crippen LogP contribution in [0, 0.1) is 0 Å². The quantitative estimate of drug-likeness (QED) is 0.551. The highest BCUT2D eigenvalue weighted by Crippen LogP contribution is 2.27. The van der Waals surface area contributed by atoms with Crippen molar-refractivity contribution in [3.8, 4) is 17.2 Å². The predicted molar refractivity (Wildman–Crippen MR) is 113 cm³/mol. The zero-order valence-corrected chi connectivity index (χ0v) is 16.9. The Balaban J connectivity index is 1.49. The van der Waals surface area contributed by atoms with Gasteiger partial charge in [0, 0.05) is 17.7 Å². The lowest BCUT2D eigenvalue weighted by Gasteiger charge is -2.11. The predicted octanol–water partition coefficient (Wildman–Crippen LogP) is 3.63. The van der Waals surface area contributed by atoms with Crippen LogP contribution in [0.15, 0.2) is 72.8 Å². The molecular formula is C24H23NO5. The van der Waals surface area contributed by atoms with E-state index in [0.29, 0.717) is 34.9 Å². The Labute approximate surface area is 175 Å². The van der Waals surface area contributed by atoms with Crippen molar-refractivity contribution in [1.29, 1.82) is 0 Å². The van der Waals surface area contributed by atoms with Crippen molar-refractivity contribution < 1.29 is 23.8 Å². The monoisotopic (exact) mass is 405 g/mol. The number of rotatable bonds is 9. The van der Waals surface area contributed by atoms with E-state index in [-0.39, 0.29) is 18.3 Å². The van der Waals surface area contributed by atoms with Gasteiger partial charge in [-0.15, -0.1) is 0 Å². The summed E-state index contributed by atoms with van der Waals surface area (Å²) in [6.07, 6.45) is 0. The maximum absolute atomic E-state index is 12.4. The van der Waals surface area contributed by atoms with Crippen molar-refractivity contribution in [1.82, 2.24) is 5.32 Å². The van der Waals surface area contributed by atoms with E-state index in [1.165, 1.54) is 0 Å². The van der Waals surface area contributed by atoms with Gasteiger partial charge >= 0.3 is 0 Å². The molecule has 6 heteroatoms. The Morgan fingerprint density at radius 2 is 1.47 bits per heavy atom. The van der Waals surface area contributed by atoms with E-state index in [1.807, 2.05) is 30.3 Å². The lowest BCUT2D eigenvalue weighted by molar-refractivity contribution is -0.123. The molecule has 0 fully saturated rings. The average Bonchev–Trinajstić information content (AvgIpc) is 2.81. The standard InChI is InChI=1S/C24H23NO5/c1-28-21-13-8-17(14-22(21)29-2)15-25-23(26)16-30-20-11-9-19(10-12-20)24(27)18-6-4-3-5-7-18/h3-14H,15-16H2,1-2H3,(H,25,26). The van der Waals surface area contributed by atoms with Crippen LogP contribution in [0.4, 0.5) is 0 Å². The molecule has 6 nitrogen and oxygen atoms in total. The third-order valence-corrected chi connectivity index (χ3v) is 4.46.